The van der Waals surface area contributed by atoms with E-state index < -0.39 is 23.6 Å². The minimum Gasteiger partial charge on any atom is -0.389 e. The van der Waals surface area contributed by atoms with E-state index in [4.69, 9.17) is 4.03 Å². The monoisotopic (exact) mass is 465 g/mol. The van der Waals surface area contributed by atoms with Crippen LogP contribution in [0, 0.1) is 0 Å². The number of benzene rings is 3. The molecule has 1 N–H and O–H groups in total. The summed E-state index contributed by atoms with van der Waals surface area (Å²) in [5.74, 6) is 0.102. The van der Waals surface area contributed by atoms with Crippen LogP contribution < -0.4 is 10.4 Å². The molecule has 0 amide bonds. The summed E-state index contributed by atoms with van der Waals surface area (Å²) >= 11 is 0. The van der Waals surface area contributed by atoms with Crippen molar-refractivity contribution in [2.45, 2.75) is 56.6 Å². The molecule has 0 saturated carbocycles. The van der Waals surface area contributed by atoms with E-state index >= 15 is 0 Å². The van der Waals surface area contributed by atoms with Gasteiger partial charge < -0.3 is 5.11 Å². The fourth-order valence-electron chi connectivity index (χ4n) is 4.18. The van der Waals surface area contributed by atoms with E-state index in [1.807, 2.05) is 73.7 Å². The Morgan fingerprint density at radius 2 is 1.19 bits per heavy atom. The SMILES string of the molecule is CC[C@](C)(O)CS(=O)(=N[Si](c1ccccc1)(c1ccccc1)C(C)(C)C)c1ccccc1. The van der Waals surface area contributed by atoms with E-state index in [-0.39, 0.29) is 10.8 Å². The number of rotatable bonds is 7. The Morgan fingerprint density at radius 1 is 0.781 bits per heavy atom. The molecule has 0 fully saturated rings. The van der Waals surface area contributed by atoms with Gasteiger partial charge in [-0.05, 0) is 40.9 Å². The largest absolute Gasteiger partial charge is 0.389 e. The average Bonchev–Trinajstić information content (AvgIpc) is 2.78. The van der Waals surface area contributed by atoms with Gasteiger partial charge in [-0.1, -0.05) is 107 Å². The molecule has 3 aromatic carbocycles. The highest BCUT2D eigenvalue weighted by Gasteiger charge is 2.50. The summed E-state index contributed by atoms with van der Waals surface area (Å²) in [6.07, 6.45) is 0.507. The van der Waals surface area contributed by atoms with Gasteiger partial charge in [0.2, 0.25) is 0 Å². The molecule has 32 heavy (non-hydrogen) atoms. The molecule has 170 valence electrons. The van der Waals surface area contributed by atoms with Crippen LogP contribution in [0.1, 0.15) is 41.0 Å². The quantitative estimate of drug-likeness (QED) is 0.486. The summed E-state index contributed by atoms with van der Waals surface area (Å²) in [6, 6.07) is 30.1. The molecule has 2 atom stereocenters. The van der Waals surface area contributed by atoms with Crippen molar-refractivity contribution in [1.29, 1.82) is 0 Å². The van der Waals surface area contributed by atoms with Crippen LogP contribution in [0.25, 0.3) is 0 Å². The third-order valence-corrected chi connectivity index (χ3v) is 14.9. The van der Waals surface area contributed by atoms with Crippen molar-refractivity contribution in [3.63, 3.8) is 0 Å². The highest BCUT2D eigenvalue weighted by atomic mass is 32.2. The van der Waals surface area contributed by atoms with E-state index in [0.29, 0.717) is 11.3 Å². The van der Waals surface area contributed by atoms with E-state index in [1.165, 1.54) is 0 Å². The second-order valence-electron chi connectivity index (χ2n) is 9.73. The molecule has 3 nitrogen and oxygen atoms in total. The summed E-state index contributed by atoms with van der Waals surface area (Å²) in [6.45, 7) is 10.3. The van der Waals surface area contributed by atoms with Crippen LogP contribution in [0.3, 0.4) is 0 Å². The molecule has 0 radical (unpaired) electrons. The van der Waals surface area contributed by atoms with Crippen molar-refractivity contribution in [2.75, 3.05) is 5.75 Å². The van der Waals surface area contributed by atoms with Gasteiger partial charge >= 0.3 is 0 Å². The summed E-state index contributed by atoms with van der Waals surface area (Å²) in [4.78, 5) is 0.682. The second-order valence-corrected chi connectivity index (χ2v) is 16.6. The summed E-state index contributed by atoms with van der Waals surface area (Å²) in [5.41, 5.74) is -1.08. The Labute approximate surface area is 194 Å². The molecule has 1 unspecified atom stereocenters. The van der Waals surface area contributed by atoms with Crippen molar-refractivity contribution in [3.8, 4) is 0 Å². The van der Waals surface area contributed by atoms with E-state index in [9.17, 15) is 9.32 Å². The zero-order chi connectivity index (χ0) is 23.5. The minimum atomic E-state index is -2.94. The average molecular weight is 466 g/mol. The molecule has 0 saturated heterocycles. The van der Waals surface area contributed by atoms with Crippen LogP contribution in [-0.4, -0.2) is 28.9 Å². The van der Waals surface area contributed by atoms with Crippen LogP contribution in [-0.2, 0) is 9.73 Å². The van der Waals surface area contributed by atoms with Crippen LogP contribution >= 0.6 is 0 Å². The maximum atomic E-state index is 14.9. The lowest BCUT2D eigenvalue weighted by atomic mass is 10.1. The molecular weight excluding hydrogens is 430 g/mol. The summed E-state index contributed by atoms with van der Waals surface area (Å²) in [5, 5.41) is 13.0. The van der Waals surface area contributed by atoms with Crippen LogP contribution in [0.4, 0.5) is 0 Å². The Hall–Kier alpha value is -2.21. The zero-order valence-corrected chi connectivity index (χ0v) is 21.6. The molecule has 0 aliphatic heterocycles. The van der Waals surface area contributed by atoms with Gasteiger partial charge in [-0.3, -0.25) is 4.03 Å². The molecular formula is C27H35NO2SSi. The number of nitrogens with zero attached hydrogens (tertiary/aromatic N) is 1. The van der Waals surface area contributed by atoms with Gasteiger partial charge in [-0.2, -0.15) is 0 Å². The predicted octanol–water partition coefficient (Wildman–Crippen LogP) is 5.23. The lowest BCUT2D eigenvalue weighted by molar-refractivity contribution is 0.0803. The van der Waals surface area contributed by atoms with Gasteiger partial charge in [0, 0.05) is 4.90 Å². The smallest absolute Gasteiger partial charge is 0.260 e. The molecule has 0 aliphatic carbocycles. The van der Waals surface area contributed by atoms with Crippen molar-refractivity contribution >= 4 is 28.3 Å². The first-order valence-corrected chi connectivity index (χ1v) is 14.8. The number of hydrogen-bond acceptors (Lipinski definition) is 3. The normalized spacial score (nSPS) is 16.1. The van der Waals surface area contributed by atoms with Crippen LogP contribution in [0.2, 0.25) is 5.04 Å². The Bertz CT molecular complexity index is 1090. The van der Waals surface area contributed by atoms with E-state index in [0.717, 1.165) is 10.4 Å². The van der Waals surface area contributed by atoms with Gasteiger partial charge in [0.15, 0.2) is 0 Å². The van der Waals surface area contributed by atoms with Crippen molar-refractivity contribution in [3.05, 3.63) is 91.0 Å². The molecule has 0 aromatic heterocycles. The first kappa shape index (κ1) is 24.4. The highest BCUT2D eigenvalue weighted by Crippen LogP contribution is 2.39. The first-order valence-electron chi connectivity index (χ1n) is 11.2. The third kappa shape index (κ3) is 4.90. The Kier molecular flexibility index (Phi) is 7.13. The topological polar surface area (TPSA) is 49.7 Å². The summed E-state index contributed by atoms with van der Waals surface area (Å²) < 4.78 is 20.3. The van der Waals surface area contributed by atoms with Gasteiger partial charge in [-0.25, -0.2) is 4.21 Å². The Balaban J connectivity index is 2.48. The fourth-order valence-corrected chi connectivity index (χ4v) is 13.8. The maximum Gasteiger partial charge on any atom is 0.260 e. The third-order valence-electron chi connectivity index (χ3n) is 6.13. The van der Waals surface area contributed by atoms with Gasteiger partial charge in [0.1, 0.15) is 0 Å². The molecule has 5 heteroatoms. The molecule has 0 spiro atoms. The minimum absolute atomic E-state index is 0.102. The highest BCUT2D eigenvalue weighted by molar-refractivity contribution is 7.94. The lowest BCUT2D eigenvalue weighted by Gasteiger charge is -2.41. The van der Waals surface area contributed by atoms with Gasteiger partial charge in [0.05, 0.1) is 21.1 Å². The Morgan fingerprint density at radius 3 is 1.56 bits per heavy atom. The predicted molar refractivity (Wildman–Crippen MR) is 139 cm³/mol. The van der Waals surface area contributed by atoms with E-state index in [2.05, 4.69) is 45.0 Å². The van der Waals surface area contributed by atoms with Crippen LogP contribution in [0.15, 0.2) is 99.9 Å². The lowest BCUT2D eigenvalue weighted by Crippen LogP contribution is -2.63. The zero-order valence-electron chi connectivity index (χ0n) is 19.8. The van der Waals surface area contributed by atoms with Crippen molar-refractivity contribution in [2.24, 2.45) is 4.03 Å². The number of aliphatic hydroxyl groups is 1. The fraction of sp³-hybridized carbons (Fsp3) is 0.333. The van der Waals surface area contributed by atoms with Crippen molar-refractivity contribution in [1.82, 2.24) is 0 Å². The van der Waals surface area contributed by atoms with Gasteiger partial charge in [0.25, 0.3) is 8.24 Å². The maximum absolute atomic E-state index is 14.9. The molecule has 0 aliphatic rings. The molecule has 0 heterocycles. The standard InChI is InChI=1S/C27H35NO2SSi/c1-6-27(5,29)22-31(30,23-16-10-7-11-17-23)28-32(26(2,3)4,24-18-12-8-13-19-24)25-20-14-9-15-21-25/h7-21,29H,6,22H2,1-5H3/t27-,31?/m0/s1. The molecule has 3 aromatic rings. The molecule has 0 bridgehead atoms. The molecule has 3 rings (SSSR count). The van der Waals surface area contributed by atoms with Crippen LogP contribution in [0.5, 0.6) is 0 Å². The summed E-state index contributed by atoms with van der Waals surface area (Å²) in [7, 11) is -5.88. The van der Waals surface area contributed by atoms with Crippen molar-refractivity contribution < 1.29 is 9.32 Å². The first-order chi connectivity index (χ1) is 15.0. The second kappa shape index (κ2) is 9.34. The van der Waals surface area contributed by atoms with Gasteiger partial charge in [-0.15, -0.1) is 0 Å². The number of hydrogen-bond donors (Lipinski definition) is 1. The van der Waals surface area contributed by atoms with E-state index in [1.54, 1.807) is 6.92 Å².